The zero-order valence-electron chi connectivity index (χ0n) is 15.8. The van der Waals surface area contributed by atoms with Crippen LogP contribution in [0.5, 0.6) is 0 Å². The van der Waals surface area contributed by atoms with Crippen molar-refractivity contribution >= 4 is 34.9 Å². The topological polar surface area (TPSA) is 102 Å². The molecule has 0 radical (unpaired) electrons. The molecule has 0 spiro atoms. The second-order valence-electron chi connectivity index (χ2n) is 7.57. The van der Waals surface area contributed by atoms with Gasteiger partial charge in [0.05, 0.1) is 10.6 Å². The number of fused-ring (bicyclic) bond motifs is 1. The molecule has 4 rings (SSSR count). The maximum atomic E-state index is 12.5. The number of primary amides is 1. The lowest BCUT2D eigenvalue weighted by Gasteiger charge is -2.33. The summed E-state index contributed by atoms with van der Waals surface area (Å²) in [6.07, 6.45) is 5.89. The van der Waals surface area contributed by atoms with E-state index in [1.165, 1.54) is 28.6 Å². The molecule has 2 N–H and O–H groups in total. The number of carbonyl (C=O) groups excluding carboxylic acids is 2. The molecule has 2 atom stereocenters. The summed E-state index contributed by atoms with van der Waals surface area (Å²) < 4.78 is 5.78. The molecule has 2 aliphatic rings. The summed E-state index contributed by atoms with van der Waals surface area (Å²) in [5, 5.41) is 8.60. The van der Waals surface area contributed by atoms with E-state index in [0.29, 0.717) is 30.0 Å². The first kappa shape index (κ1) is 19.4. The summed E-state index contributed by atoms with van der Waals surface area (Å²) in [6.45, 7) is 2.85. The maximum absolute atomic E-state index is 12.5. The molecular weight excluding hydrogens is 396 g/mol. The molecular formula is C19H24N4O3S2. The van der Waals surface area contributed by atoms with Crippen LogP contribution in [-0.2, 0) is 22.4 Å². The first-order chi connectivity index (χ1) is 13.5. The van der Waals surface area contributed by atoms with Gasteiger partial charge in [0.15, 0.2) is 0 Å². The van der Waals surface area contributed by atoms with Crippen molar-refractivity contribution in [3.8, 4) is 10.8 Å². The SMILES string of the molecule is C[C@@H]1CCc2sc(-c3nnc(SCC(=O)N4CCCC[C@H]4C(N)=O)o3)cc2C1. The molecule has 0 aromatic carbocycles. The average molecular weight is 421 g/mol. The molecule has 0 unspecified atom stereocenters. The van der Waals surface area contributed by atoms with Crippen molar-refractivity contribution in [3.05, 3.63) is 16.5 Å². The number of carbonyl (C=O) groups is 2. The number of thiophene rings is 1. The molecule has 3 heterocycles. The van der Waals surface area contributed by atoms with Gasteiger partial charge in [-0.1, -0.05) is 18.7 Å². The van der Waals surface area contributed by atoms with Crippen LogP contribution in [0.25, 0.3) is 10.8 Å². The number of amides is 2. The monoisotopic (exact) mass is 420 g/mol. The standard InChI is InChI=1S/C19H24N4O3S2/c1-11-5-6-14-12(8-11)9-15(28-14)18-21-22-19(26-18)27-10-16(24)23-7-3-2-4-13(23)17(20)25/h9,11,13H,2-8,10H2,1H3,(H2,20,25)/t11-,13+/m1/s1. The smallest absolute Gasteiger partial charge is 0.277 e. The minimum atomic E-state index is -0.500. The van der Waals surface area contributed by atoms with E-state index in [0.717, 1.165) is 30.6 Å². The maximum Gasteiger partial charge on any atom is 0.277 e. The Balaban J connectivity index is 1.39. The van der Waals surface area contributed by atoms with Gasteiger partial charge in [0, 0.05) is 11.4 Å². The summed E-state index contributed by atoms with van der Waals surface area (Å²) in [6, 6.07) is 1.66. The Kier molecular flexibility index (Phi) is 5.73. The number of piperidine rings is 1. The van der Waals surface area contributed by atoms with Gasteiger partial charge in [-0.05, 0) is 56.1 Å². The Hall–Kier alpha value is -1.87. The fourth-order valence-corrected chi connectivity index (χ4v) is 5.69. The lowest BCUT2D eigenvalue weighted by atomic mass is 9.90. The highest BCUT2D eigenvalue weighted by atomic mass is 32.2. The third kappa shape index (κ3) is 4.10. The summed E-state index contributed by atoms with van der Waals surface area (Å²) in [7, 11) is 0. The molecule has 1 fully saturated rings. The molecule has 1 aliphatic carbocycles. The van der Waals surface area contributed by atoms with Crippen LogP contribution in [0.15, 0.2) is 15.7 Å². The van der Waals surface area contributed by atoms with E-state index < -0.39 is 11.9 Å². The highest BCUT2D eigenvalue weighted by Crippen LogP contribution is 2.37. The van der Waals surface area contributed by atoms with Gasteiger partial charge in [-0.25, -0.2) is 0 Å². The van der Waals surface area contributed by atoms with Crippen LogP contribution >= 0.6 is 23.1 Å². The van der Waals surface area contributed by atoms with Crippen molar-refractivity contribution in [2.24, 2.45) is 11.7 Å². The normalized spacial score (nSPS) is 22.1. The van der Waals surface area contributed by atoms with E-state index in [1.54, 1.807) is 16.2 Å². The summed E-state index contributed by atoms with van der Waals surface area (Å²) in [5.41, 5.74) is 6.83. The van der Waals surface area contributed by atoms with Crippen molar-refractivity contribution in [2.75, 3.05) is 12.3 Å². The van der Waals surface area contributed by atoms with Crippen LogP contribution in [0.1, 0.15) is 43.0 Å². The molecule has 28 heavy (non-hydrogen) atoms. The third-order valence-electron chi connectivity index (χ3n) is 5.42. The van der Waals surface area contributed by atoms with Crippen molar-refractivity contribution in [1.82, 2.24) is 15.1 Å². The fourth-order valence-electron chi connectivity index (χ4n) is 3.91. The van der Waals surface area contributed by atoms with E-state index >= 15 is 0 Å². The number of nitrogens with zero attached hydrogens (tertiary/aromatic N) is 3. The van der Waals surface area contributed by atoms with Crippen LogP contribution in [0.3, 0.4) is 0 Å². The second-order valence-corrected chi connectivity index (χ2v) is 9.63. The van der Waals surface area contributed by atoms with Crippen molar-refractivity contribution in [2.45, 2.75) is 56.7 Å². The van der Waals surface area contributed by atoms with Crippen molar-refractivity contribution < 1.29 is 14.0 Å². The van der Waals surface area contributed by atoms with E-state index in [-0.39, 0.29) is 11.7 Å². The molecule has 2 amide bonds. The van der Waals surface area contributed by atoms with Gasteiger partial charge >= 0.3 is 0 Å². The van der Waals surface area contributed by atoms with Crippen molar-refractivity contribution in [1.29, 1.82) is 0 Å². The fraction of sp³-hybridized carbons (Fsp3) is 0.579. The quantitative estimate of drug-likeness (QED) is 0.746. The predicted octanol–water partition coefficient (Wildman–Crippen LogP) is 2.88. The van der Waals surface area contributed by atoms with Gasteiger partial charge in [0.25, 0.3) is 11.1 Å². The van der Waals surface area contributed by atoms with Crippen LogP contribution in [0.2, 0.25) is 0 Å². The number of rotatable bonds is 5. The average Bonchev–Trinajstić information content (AvgIpc) is 3.32. The lowest BCUT2D eigenvalue weighted by molar-refractivity contribution is -0.138. The molecule has 0 bridgehead atoms. The molecule has 0 saturated carbocycles. The number of hydrogen-bond acceptors (Lipinski definition) is 7. The van der Waals surface area contributed by atoms with E-state index in [1.807, 2.05) is 0 Å². The predicted molar refractivity (Wildman–Crippen MR) is 108 cm³/mol. The van der Waals surface area contributed by atoms with Crippen LogP contribution in [-0.4, -0.2) is 45.3 Å². The number of hydrogen-bond donors (Lipinski definition) is 1. The van der Waals surface area contributed by atoms with E-state index in [2.05, 4.69) is 23.2 Å². The molecule has 7 nitrogen and oxygen atoms in total. The van der Waals surface area contributed by atoms with Gasteiger partial charge in [0.2, 0.25) is 11.8 Å². The highest BCUT2D eigenvalue weighted by Gasteiger charge is 2.30. The van der Waals surface area contributed by atoms with Gasteiger partial charge in [-0.15, -0.1) is 21.5 Å². The number of likely N-dealkylation sites (tertiary alicyclic amines) is 1. The van der Waals surface area contributed by atoms with Gasteiger partial charge in [0.1, 0.15) is 6.04 Å². The Morgan fingerprint density at radius 3 is 3.04 bits per heavy atom. The zero-order chi connectivity index (χ0) is 19.7. The van der Waals surface area contributed by atoms with Crippen LogP contribution in [0, 0.1) is 5.92 Å². The molecule has 2 aromatic rings. The second kappa shape index (κ2) is 8.24. The molecule has 150 valence electrons. The van der Waals surface area contributed by atoms with Crippen LogP contribution in [0.4, 0.5) is 0 Å². The van der Waals surface area contributed by atoms with Gasteiger partial charge in [-0.3, -0.25) is 9.59 Å². The van der Waals surface area contributed by atoms with Gasteiger partial charge in [-0.2, -0.15) is 0 Å². The number of nitrogens with two attached hydrogens (primary N) is 1. The summed E-state index contributed by atoms with van der Waals surface area (Å²) in [5.74, 6) is 0.829. The summed E-state index contributed by atoms with van der Waals surface area (Å²) >= 11 is 2.93. The molecule has 9 heteroatoms. The van der Waals surface area contributed by atoms with Gasteiger partial charge < -0.3 is 15.1 Å². The highest BCUT2D eigenvalue weighted by molar-refractivity contribution is 7.99. The molecule has 1 aliphatic heterocycles. The minimum Gasteiger partial charge on any atom is -0.410 e. The summed E-state index contributed by atoms with van der Waals surface area (Å²) in [4.78, 5) is 28.1. The van der Waals surface area contributed by atoms with Crippen LogP contribution < -0.4 is 5.73 Å². The first-order valence-electron chi connectivity index (χ1n) is 9.68. The molecule has 1 saturated heterocycles. The van der Waals surface area contributed by atoms with Crippen molar-refractivity contribution in [3.63, 3.8) is 0 Å². The Morgan fingerprint density at radius 1 is 1.36 bits per heavy atom. The number of thioether (sulfide) groups is 1. The Labute approximate surface area is 172 Å². The van der Waals surface area contributed by atoms with E-state index in [9.17, 15) is 9.59 Å². The Bertz CT molecular complexity index is 878. The number of aryl methyl sites for hydroxylation is 1. The first-order valence-corrected chi connectivity index (χ1v) is 11.5. The minimum absolute atomic E-state index is 0.117. The zero-order valence-corrected chi connectivity index (χ0v) is 17.5. The van der Waals surface area contributed by atoms with E-state index in [4.69, 9.17) is 10.2 Å². The Morgan fingerprint density at radius 2 is 2.21 bits per heavy atom. The number of aromatic nitrogens is 2. The lowest BCUT2D eigenvalue weighted by Crippen LogP contribution is -2.51. The largest absolute Gasteiger partial charge is 0.410 e. The third-order valence-corrected chi connectivity index (χ3v) is 7.45. The molecule has 2 aromatic heterocycles.